The summed E-state index contributed by atoms with van der Waals surface area (Å²) in [6.45, 7) is 4.31. The van der Waals surface area contributed by atoms with Gasteiger partial charge in [0.05, 0.1) is 23.9 Å². The number of hydrogen-bond donors (Lipinski definition) is 3. The SMILES string of the molecule is C[C@@H]1C[C@@H](O)[C@]2(O)O[C@@H]3C[C@@H]4CC[C@@H]5[C@H](CC[C@]6(C)[C@@H](C7=CC(=O)OC7)CC[C@]56O)[C@@]4(C=O)C[C@H]3O[C@@H]2O1. The fourth-order valence-corrected chi connectivity index (χ4v) is 10.2. The standard InChI is InChI=1S/C29H40O9/c1-15-9-23(31)29(34)25(36-15)37-22-12-27(14-30)17(11-21(22)38-29)3-4-20-19(27)5-7-26(2)18(6-8-28(20,26)33)16-10-24(32)35-13-16/h10,14-15,17-23,25,31,33-34H,3-9,11-13H2,1-2H3/t15-,17+,18-,19+,20-,21-,22-,23-,25+,26-,27-,28+,29+/m1/s1. The number of aliphatic hydroxyl groups excluding tert-OH is 1. The van der Waals surface area contributed by atoms with Crippen molar-refractivity contribution in [2.75, 3.05) is 6.61 Å². The van der Waals surface area contributed by atoms with Crippen LogP contribution >= 0.6 is 0 Å². The first-order valence-electron chi connectivity index (χ1n) is 14.5. The van der Waals surface area contributed by atoms with Gasteiger partial charge in [0.1, 0.15) is 19.0 Å². The number of carbonyl (C=O) groups excluding carboxylic acids is 2. The van der Waals surface area contributed by atoms with E-state index in [2.05, 4.69) is 6.92 Å². The summed E-state index contributed by atoms with van der Waals surface area (Å²) in [5, 5.41) is 34.2. The van der Waals surface area contributed by atoms with Crippen LogP contribution in [0.2, 0.25) is 0 Å². The molecule has 3 heterocycles. The van der Waals surface area contributed by atoms with E-state index in [1.54, 1.807) is 6.08 Å². The minimum atomic E-state index is -1.91. The third kappa shape index (κ3) is 3.20. The molecule has 0 aromatic carbocycles. The highest BCUT2D eigenvalue weighted by molar-refractivity contribution is 5.85. The van der Waals surface area contributed by atoms with Crippen LogP contribution in [0, 0.1) is 34.5 Å². The Kier molecular flexibility index (Phi) is 5.61. The average molecular weight is 533 g/mol. The molecule has 4 aliphatic carbocycles. The molecule has 3 aliphatic heterocycles. The molecule has 0 amide bonds. The minimum absolute atomic E-state index is 0.0166. The maximum absolute atomic E-state index is 13.1. The molecular weight excluding hydrogens is 492 g/mol. The summed E-state index contributed by atoms with van der Waals surface area (Å²) in [6, 6.07) is 0. The van der Waals surface area contributed by atoms with Gasteiger partial charge in [-0.2, -0.15) is 0 Å². The first-order chi connectivity index (χ1) is 18.0. The zero-order valence-electron chi connectivity index (χ0n) is 22.2. The maximum Gasteiger partial charge on any atom is 0.331 e. The van der Waals surface area contributed by atoms with Crippen molar-refractivity contribution in [2.24, 2.45) is 34.5 Å². The lowest BCUT2D eigenvalue weighted by molar-refractivity contribution is -0.457. The minimum Gasteiger partial charge on any atom is -0.458 e. The van der Waals surface area contributed by atoms with E-state index in [9.17, 15) is 24.9 Å². The summed E-state index contributed by atoms with van der Waals surface area (Å²) in [4.78, 5) is 24.9. The van der Waals surface area contributed by atoms with Gasteiger partial charge in [0.25, 0.3) is 0 Å². The van der Waals surface area contributed by atoms with Crippen LogP contribution in [-0.2, 0) is 28.5 Å². The van der Waals surface area contributed by atoms with Gasteiger partial charge in [0, 0.05) is 23.3 Å². The average Bonchev–Trinajstić information content (AvgIpc) is 3.42. The van der Waals surface area contributed by atoms with Gasteiger partial charge in [-0.25, -0.2) is 4.79 Å². The number of fused-ring (bicyclic) bond motifs is 7. The molecule has 38 heavy (non-hydrogen) atoms. The highest BCUT2D eigenvalue weighted by Gasteiger charge is 2.70. The molecule has 0 aromatic rings. The molecule has 210 valence electrons. The first kappa shape index (κ1) is 25.6. The second-order valence-corrected chi connectivity index (χ2v) is 13.6. The molecule has 0 spiro atoms. The van der Waals surface area contributed by atoms with E-state index in [1.165, 1.54) is 0 Å². The predicted octanol–water partition coefficient (Wildman–Crippen LogP) is 2.00. The lowest BCUT2D eigenvalue weighted by atomic mass is 9.42. The van der Waals surface area contributed by atoms with E-state index < -0.39 is 41.4 Å². The van der Waals surface area contributed by atoms with E-state index in [0.29, 0.717) is 25.9 Å². The summed E-state index contributed by atoms with van der Waals surface area (Å²) >= 11 is 0. The highest BCUT2D eigenvalue weighted by Crippen LogP contribution is 2.70. The van der Waals surface area contributed by atoms with E-state index in [1.807, 2.05) is 6.92 Å². The van der Waals surface area contributed by atoms with Crippen LogP contribution in [0.25, 0.3) is 0 Å². The van der Waals surface area contributed by atoms with E-state index in [0.717, 1.165) is 44.0 Å². The summed E-state index contributed by atoms with van der Waals surface area (Å²) in [5.41, 5.74) is -0.940. The number of aldehydes is 1. The second kappa shape index (κ2) is 8.33. The molecule has 0 bridgehead atoms. The van der Waals surface area contributed by atoms with Gasteiger partial charge in [0.2, 0.25) is 12.1 Å². The van der Waals surface area contributed by atoms with Crippen LogP contribution in [0.15, 0.2) is 11.6 Å². The topological polar surface area (TPSA) is 132 Å². The molecule has 13 atom stereocenters. The van der Waals surface area contributed by atoms with Crippen molar-refractivity contribution in [2.45, 2.75) is 114 Å². The van der Waals surface area contributed by atoms with Gasteiger partial charge in [-0.3, -0.25) is 0 Å². The Labute approximate surface area is 222 Å². The molecule has 0 radical (unpaired) electrons. The number of rotatable bonds is 2. The van der Waals surface area contributed by atoms with Gasteiger partial charge in [-0.1, -0.05) is 6.92 Å². The van der Waals surface area contributed by atoms with Crippen molar-refractivity contribution < 1.29 is 43.9 Å². The summed E-state index contributed by atoms with van der Waals surface area (Å²) < 4.78 is 23.5. The van der Waals surface area contributed by atoms with Crippen LogP contribution in [-0.4, -0.2) is 76.3 Å². The van der Waals surface area contributed by atoms with Crippen LogP contribution in [0.4, 0.5) is 0 Å². The normalized spacial score (nSPS) is 57.4. The summed E-state index contributed by atoms with van der Waals surface area (Å²) in [5.74, 6) is -2.04. The Morgan fingerprint density at radius 2 is 1.84 bits per heavy atom. The molecule has 2 saturated heterocycles. The van der Waals surface area contributed by atoms with Crippen molar-refractivity contribution in [3.05, 3.63) is 11.6 Å². The van der Waals surface area contributed by atoms with E-state index in [-0.39, 0.29) is 47.6 Å². The van der Waals surface area contributed by atoms with Gasteiger partial charge < -0.3 is 39.1 Å². The van der Waals surface area contributed by atoms with Crippen molar-refractivity contribution >= 4 is 12.3 Å². The van der Waals surface area contributed by atoms with E-state index in [4.69, 9.17) is 18.9 Å². The monoisotopic (exact) mass is 532 g/mol. The number of carbonyl (C=O) groups is 2. The molecule has 9 nitrogen and oxygen atoms in total. The van der Waals surface area contributed by atoms with E-state index >= 15 is 0 Å². The van der Waals surface area contributed by atoms with Gasteiger partial charge in [0.15, 0.2) is 0 Å². The molecule has 0 unspecified atom stereocenters. The fourth-order valence-electron chi connectivity index (χ4n) is 10.2. The van der Waals surface area contributed by atoms with Crippen LogP contribution in [0.3, 0.4) is 0 Å². The lowest BCUT2D eigenvalue weighted by Crippen LogP contribution is -2.71. The van der Waals surface area contributed by atoms with Gasteiger partial charge in [-0.05, 0) is 87.5 Å². The fraction of sp³-hybridized carbons (Fsp3) is 0.862. The number of esters is 1. The molecule has 3 N–H and O–H groups in total. The Bertz CT molecular complexity index is 1060. The van der Waals surface area contributed by atoms with Crippen molar-refractivity contribution in [3.8, 4) is 0 Å². The number of ether oxygens (including phenoxy) is 4. The van der Waals surface area contributed by atoms with Crippen molar-refractivity contribution in [3.63, 3.8) is 0 Å². The Hall–Kier alpha value is -1.36. The zero-order chi connectivity index (χ0) is 26.7. The lowest BCUT2D eigenvalue weighted by Gasteiger charge is -2.64. The first-order valence-corrected chi connectivity index (χ1v) is 14.5. The van der Waals surface area contributed by atoms with Crippen molar-refractivity contribution in [1.29, 1.82) is 0 Å². The third-order valence-electron chi connectivity index (χ3n) is 12.1. The quantitative estimate of drug-likeness (QED) is 0.278. The summed E-state index contributed by atoms with van der Waals surface area (Å²) in [7, 11) is 0. The van der Waals surface area contributed by atoms with Crippen molar-refractivity contribution in [1.82, 2.24) is 0 Å². The molecule has 0 aromatic heterocycles. The summed E-state index contributed by atoms with van der Waals surface area (Å²) in [6.07, 6.45) is 5.35. The zero-order valence-corrected chi connectivity index (χ0v) is 22.2. The maximum atomic E-state index is 13.1. The van der Waals surface area contributed by atoms with Crippen LogP contribution < -0.4 is 0 Å². The van der Waals surface area contributed by atoms with Gasteiger partial charge >= 0.3 is 5.97 Å². The Balaban J connectivity index is 1.18. The molecule has 7 aliphatic rings. The van der Waals surface area contributed by atoms with Gasteiger partial charge in [-0.15, -0.1) is 0 Å². The Morgan fingerprint density at radius 1 is 1.03 bits per heavy atom. The molecule has 7 rings (SSSR count). The molecular formula is C29H40O9. The number of aliphatic hydroxyl groups is 3. The third-order valence-corrected chi connectivity index (χ3v) is 12.1. The molecule has 6 fully saturated rings. The Morgan fingerprint density at radius 3 is 2.58 bits per heavy atom. The largest absolute Gasteiger partial charge is 0.458 e. The number of cyclic esters (lactones) is 1. The van der Waals surface area contributed by atoms with Crippen LogP contribution in [0.1, 0.15) is 71.6 Å². The number of hydrogen-bond acceptors (Lipinski definition) is 9. The predicted molar refractivity (Wildman–Crippen MR) is 131 cm³/mol. The highest BCUT2D eigenvalue weighted by atomic mass is 16.8. The van der Waals surface area contributed by atoms with Crippen LogP contribution in [0.5, 0.6) is 0 Å². The smallest absolute Gasteiger partial charge is 0.331 e. The molecule has 4 saturated carbocycles. The molecule has 9 heteroatoms. The second-order valence-electron chi connectivity index (χ2n) is 13.6.